The van der Waals surface area contributed by atoms with Crippen molar-refractivity contribution >= 4 is 10.8 Å². The number of nitrogens with zero attached hydrogens (tertiary/aromatic N) is 2. The van der Waals surface area contributed by atoms with Gasteiger partial charge in [-0.05, 0) is 17.5 Å². The molecule has 0 bridgehead atoms. The molecule has 0 saturated carbocycles. The average Bonchev–Trinajstić information content (AvgIpc) is 2.53. The molecule has 3 aromatic rings. The van der Waals surface area contributed by atoms with Gasteiger partial charge in [-0.2, -0.15) is 0 Å². The van der Waals surface area contributed by atoms with Crippen molar-refractivity contribution < 1.29 is 9.84 Å². The first-order valence-corrected chi connectivity index (χ1v) is 6.31. The van der Waals surface area contributed by atoms with Crippen LogP contribution in [0.2, 0.25) is 0 Å². The molecule has 4 heteroatoms. The van der Waals surface area contributed by atoms with Crippen molar-refractivity contribution in [2.75, 3.05) is 7.11 Å². The zero-order valence-electron chi connectivity index (χ0n) is 11.0. The molecule has 0 aliphatic heterocycles. The fourth-order valence-electron chi connectivity index (χ4n) is 2.29. The summed E-state index contributed by atoms with van der Waals surface area (Å²) >= 11 is 0. The van der Waals surface area contributed by atoms with Crippen molar-refractivity contribution in [3.8, 4) is 5.75 Å². The predicted molar refractivity (Wildman–Crippen MR) is 76.6 cm³/mol. The van der Waals surface area contributed by atoms with E-state index in [-0.39, 0.29) is 0 Å². The van der Waals surface area contributed by atoms with Crippen molar-refractivity contribution in [2.24, 2.45) is 0 Å². The fourth-order valence-corrected chi connectivity index (χ4v) is 2.29. The van der Waals surface area contributed by atoms with Crippen LogP contribution in [0.25, 0.3) is 10.8 Å². The number of benzene rings is 1. The Morgan fingerprint density at radius 1 is 1.10 bits per heavy atom. The summed E-state index contributed by atoms with van der Waals surface area (Å²) < 4.78 is 5.26. The lowest BCUT2D eigenvalue weighted by atomic mass is 10.0. The summed E-state index contributed by atoms with van der Waals surface area (Å²) in [6, 6.07) is 11.4. The summed E-state index contributed by atoms with van der Waals surface area (Å²) in [7, 11) is 1.56. The van der Waals surface area contributed by atoms with Gasteiger partial charge in [0.15, 0.2) is 0 Å². The first kappa shape index (κ1) is 12.6. The van der Waals surface area contributed by atoms with Crippen LogP contribution < -0.4 is 4.74 Å². The molecule has 2 heterocycles. The lowest BCUT2D eigenvalue weighted by Gasteiger charge is -2.15. The summed E-state index contributed by atoms with van der Waals surface area (Å²) in [5, 5.41) is 12.6. The molecule has 0 aliphatic rings. The van der Waals surface area contributed by atoms with Gasteiger partial charge in [0.25, 0.3) is 0 Å². The topological polar surface area (TPSA) is 55.2 Å². The first-order valence-electron chi connectivity index (χ1n) is 6.31. The summed E-state index contributed by atoms with van der Waals surface area (Å²) in [5.74, 6) is 0.563. The maximum absolute atomic E-state index is 10.6. The minimum absolute atomic E-state index is 0.494. The maximum Gasteiger partial charge on any atom is 0.143 e. The van der Waals surface area contributed by atoms with Crippen LogP contribution in [0.3, 0.4) is 0 Å². The maximum atomic E-state index is 10.6. The molecule has 20 heavy (non-hydrogen) atoms. The highest BCUT2D eigenvalue weighted by atomic mass is 16.5. The molecule has 0 saturated heterocycles. The van der Waals surface area contributed by atoms with Crippen LogP contribution in [0, 0.1) is 0 Å². The molecule has 4 nitrogen and oxygen atoms in total. The van der Waals surface area contributed by atoms with E-state index in [1.807, 2.05) is 24.3 Å². The van der Waals surface area contributed by atoms with Crippen molar-refractivity contribution in [1.82, 2.24) is 9.97 Å². The van der Waals surface area contributed by atoms with E-state index in [0.29, 0.717) is 11.4 Å². The van der Waals surface area contributed by atoms with Gasteiger partial charge in [-0.3, -0.25) is 9.97 Å². The standard InChI is InChI=1S/C16H14N2O2/c1-20-14-7-4-8-18-15(14)16(19)13-10-17-9-11-5-2-3-6-12(11)13/h2-10,16,19H,1H3. The van der Waals surface area contributed by atoms with Crippen LogP contribution in [0.15, 0.2) is 55.0 Å². The van der Waals surface area contributed by atoms with Gasteiger partial charge in [-0.25, -0.2) is 0 Å². The summed E-state index contributed by atoms with van der Waals surface area (Å²) in [6.07, 6.45) is 4.21. The van der Waals surface area contributed by atoms with Gasteiger partial charge in [0.2, 0.25) is 0 Å². The predicted octanol–water partition coefficient (Wildman–Crippen LogP) is 2.72. The van der Waals surface area contributed by atoms with Crippen molar-refractivity contribution in [3.63, 3.8) is 0 Å². The minimum Gasteiger partial charge on any atom is -0.495 e. The number of rotatable bonds is 3. The van der Waals surface area contributed by atoms with E-state index in [2.05, 4.69) is 9.97 Å². The lowest BCUT2D eigenvalue weighted by molar-refractivity contribution is 0.210. The SMILES string of the molecule is COc1cccnc1C(O)c1cncc2ccccc12. The van der Waals surface area contributed by atoms with Gasteiger partial charge in [0, 0.05) is 29.5 Å². The number of fused-ring (bicyclic) bond motifs is 1. The molecule has 2 aromatic heterocycles. The van der Waals surface area contributed by atoms with E-state index >= 15 is 0 Å². The zero-order valence-corrected chi connectivity index (χ0v) is 11.0. The molecule has 1 atom stereocenters. The van der Waals surface area contributed by atoms with E-state index in [1.54, 1.807) is 37.8 Å². The highest BCUT2D eigenvalue weighted by Gasteiger charge is 2.19. The number of ether oxygens (including phenoxy) is 1. The first-order chi connectivity index (χ1) is 9.81. The van der Waals surface area contributed by atoms with E-state index < -0.39 is 6.10 Å². The third kappa shape index (κ3) is 2.10. The molecule has 1 unspecified atom stereocenters. The number of pyridine rings is 2. The summed E-state index contributed by atoms with van der Waals surface area (Å²) in [4.78, 5) is 8.42. The molecule has 0 radical (unpaired) electrons. The number of aliphatic hydroxyl groups is 1. The number of hydrogen-bond donors (Lipinski definition) is 1. The molecule has 0 amide bonds. The Labute approximate surface area is 116 Å². The van der Waals surface area contributed by atoms with Gasteiger partial charge < -0.3 is 9.84 Å². The Balaban J connectivity index is 2.15. The van der Waals surface area contributed by atoms with Crippen LogP contribution in [0.5, 0.6) is 5.75 Å². The highest BCUT2D eigenvalue weighted by molar-refractivity contribution is 5.85. The number of methoxy groups -OCH3 is 1. The van der Waals surface area contributed by atoms with Crippen LogP contribution in [0.4, 0.5) is 0 Å². The second-order valence-electron chi connectivity index (χ2n) is 4.44. The molecule has 1 aromatic carbocycles. The number of aliphatic hydroxyl groups excluding tert-OH is 1. The van der Waals surface area contributed by atoms with Gasteiger partial charge in [-0.15, -0.1) is 0 Å². The van der Waals surface area contributed by atoms with E-state index in [9.17, 15) is 5.11 Å². The zero-order chi connectivity index (χ0) is 13.9. The molecule has 0 aliphatic carbocycles. The van der Waals surface area contributed by atoms with Gasteiger partial charge >= 0.3 is 0 Å². The summed E-state index contributed by atoms with van der Waals surface area (Å²) in [5.41, 5.74) is 1.22. The Morgan fingerprint density at radius 2 is 1.95 bits per heavy atom. The Kier molecular flexibility index (Phi) is 3.31. The second-order valence-corrected chi connectivity index (χ2v) is 4.44. The highest BCUT2D eigenvalue weighted by Crippen LogP contribution is 2.31. The van der Waals surface area contributed by atoms with Gasteiger partial charge in [-0.1, -0.05) is 24.3 Å². The minimum atomic E-state index is -0.871. The van der Waals surface area contributed by atoms with Gasteiger partial charge in [0.1, 0.15) is 17.5 Å². The van der Waals surface area contributed by atoms with Gasteiger partial charge in [0.05, 0.1) is 7.11 Å². The molecule has 3 rings (SSSR count). The molecule has 100 valence electrons. The molecular formula is C16H14N2O2. The molecular weight excluding hydrogens is 252 g/mol. The van der Waals surface area contributed by atoms with Crippen LogP contribution in [-0.2, 0) is 0 Å². The van der Waals surface area contributed by atoms with E-state index in [4.69, 9.17) is 4.74 Å². The molecule has 0 spiro atoms. The Hall–Kier alpha value is -2.46. The van der Waals surface area contributed by atoms with Crippen molar-refractivity contribution in [2.45, 2.75) is 6.10 Å². The van der Waals surface area contributed by atoms with Crippen LogP contribution >= 0.6 is 0 Å². The van der Waals surface area contributed by atoms with Crippen LogP contribution in [0.1, 0.15) is 17.4 Å². The summed E-state index contributed by atoms with van der Waals surface area (Å²) in [6.45, 7) is 0. The lowest BCUT2D eigenvalue weighted by Crippen LogP contribution is -2.05. The van der Waals surface area contributed by atoms with E-state index in [0.717, 1.165) is 16.3 Å². The fraction of sp³-hybridized carbons (Fsp3) is 0.125. The number of hydrogen-bond acceptors (Lipinski definition) is 4. The monoisotopic (exact) mass is 266 g/mol. The largest absolute Gasteiger partial charge is 0.495 e. The Morgan fingerprint density at radius 3 is 2.80 bits per heavy atom. The van der Waals surface area contributed by atoms with Crippen LogP contribution in [-0.4, -0.2) is 22.2 Å². The Bertz CT molecular complexity index is 738. The third-order valence-corrected chi connectivity index (χ3v) is 3.27. The smallest absolute Gasteiger partial charge is 0.143 e. The second kappa shape index (κ2) is 5.27. The normalized spacial score (nSPS) is 12.3. The average molecular weight is 266 g/mol. The van der Waals surface area contributed by atoms with Crippen molar-refractivity contribution in [3.05, 3.63) is 66.2 Å². The molecule has 1 N–H and O–H groups in total. The van der Waals surface area contributed by atoms with Crippen molar-refractivity contribution in [1.29, 1.82) is 0 Å². The van der Waals surface area contributed by atoms with E-state index in [1.165, 1.54) is 0 Å². The number of aromatic nitrogens is 2. The quantitative estimate of drug-likeness (QED) is 0.792. The molecule has 0 fully saturated rings. The third-order valence-electron chi connectivity index (χ3n) is 3.27.